The van der Waals surface area contributed by atoms with Crippen molar-refractivity contribution in [2.45, 2.75) is 50.7 Å². The van der Waals surface area contributed by atoms with Gasteiger partial charge in [-0.2, -0.15) is 0 Å². The van der Waals surface area contributed by atoms with Crippen LogP contribution in [0, 0.1) is 5.92 Å². The van der Waals surface area contributed by atoms with Gasteiger partial charge in [0.15, 0.2) is 9.84 Å². The molecule has 1 aromatic heterocycles. The maximum atomic E-state index is 12.9. The summed E-state index contributed by atoms with van der Waals surface area (Å²) in [7, 11) is -3.69. The molecule has 0 aromatic carbocycles. The quantitative estimate of drug-likeness (QED) is 0.533. The van der Waals surface area contributed by atoms with Crippen LogP contribution in [-0.2, 0) is 29.5 Å². The minimum Gasteiger partial charge on any atom is -0.394 e. The zero-order chi connectivity index (χ0) is 21.7. The minimum absolute atomic E-state index is 0.00238. The topological polar surface area (TPSA) is 128 Å². The Labute approximate surface area is 172 Å². The molecule has 0 aliphatic carbocycles. The maximum absolute atomic E-state index is 12.9. The Morgan fingerprint density at radius 2 is 1.97 bits per heavy atom. The molecule has 1 aliphatic heterocycles. The predicted octanol–water partition coefficient (Wildman–Crippen LogP) is 1.52. The van der Waals surface area contributed by atoms with E-state index in [0.717, 1.165) is 0 Å². The molecule has 166 valence electrons. The molecule has 1 saturated heterocycles. The first-order valence-corrected chi connectivity index (χ1v) is 11.4. The molecule has 0 atom stereocenters. The number of aromatic nitrogens is 1. The summed E-state index contributed by atoms with van der Waals surface area (Å²) in [6.45, 7) is 8.11. The predicted molar refractivity (Wildman–Crippen MR) is 107 cm³/mol. The van der Waals surface area contributed by atoms with Crippen LogP contribution in [0.2, 0.25) is 0 Å². The second kappa shape index (κ2) is 9.55. The van der Waals surface area contributed by atoms with Gasteiger partial charge in [-0.1, -0.05) is 19.0 Å². The number of anilines is 1. The summed E-state index contributed by atoms with van der Waals surface area (Å²) in [6, 6.07) is 1.56. The molecule has 1 fully saturated rings. The Bertz CT molecular complexity index is 780. The van der Waals surface area contributed by atoms with Crippen LogP contribution in [0.1, 0.15) is 46.2 Å². The molecule has 9 nitrogen and oxygen atoms in total. The number of rotatable bonds is 10. The fourth-order valence-electron chi connectivity index (χ4n) is 2.95. The molecule has 1 amide bonds. The fraction of sp³-hybridized carbons (Fsp3) is 0.789. The van der Waals surface area contributed by atoms with E-state index in [-0.39, 0.29) is 30.8 Å². The Balaban J connectivity index is 2.03. The summed E-state index contributed by atoms with van der Waals surface area (Å²) in [5, 5.41) is 15.3. The lowest BCUT2D eigenvalue weighted by Crippen LogP contribution is -2.47. The van der Waals surface area contributed by atoms with Gasteiger partial charge in [-0.05, 0) is 32.6 Å². The van der Waals surface area contributed by atoms with Crippen molar-refractivity contribution in [1.29, 1.82) is 0 Å². The number of sulfone groups is 1. The number of nitrogens with zero attached hydrogens (tertiary/aromatic N) is 1. The lowest BCUT2D eigenvalue weighted by Gasteiger charge is -2.28. The summed E-state index contributed by atoms with van der Waals surface area (Å²) < 4.78 is 40.0. The molecule has 2 heterocycles. The van der Waals surface area contributed by atoms with Crippen molar-refractivity contribution in [3.63, 3.8) is 0 Å². The van der Waals surface area contributed by atoms with Crippen LogP contribution in [0.3, 0.4) is 0 Å². The van der Waals surface area contributed by atoms with Crippen LogP contribution in [0.4, 0.5) is 5.88 Å². The monoisotopic (exact) mass is 432 g/mol. The second-order valence-corrected chi connectivity index (χ2v) is 11.1. The third-order valence-corrected chi connectivity index (χ3v) is 7.91. The van der Waals surface area contributed by atoms with Gasteiger partial charge in [0, 0.05) is 24.7 Å². The van der Waals surface area contributed by atoms with E-state index in [0.29, 0.717) is 38.4 Å². The second-order valence-electron chi connectivity index (χ2n) is 8.54. The molecule has 1 aromatic rings. The fourth-order valence-corrected chi connectivity index (χ4v) is 4.66. The Kier molecular flexibility index (Phi) is 7.83. The number of hydrogen-bond donors (Lipinski definition) is 2. The van der Waals surface area contributed by atoms with Gasteiger partial charge in [0.1, 0.15) is 4.75 Å². The number of nitrogens with one attached hydrogen (secondary N) is 1. The first kappa shape index (κ1) is 23.8. The number of amides is 1. The highest BCUT2D eigenvalue weighted by atomic mass is 32.2. The van der Waals surface area contributed by atoms with Crippen molar-refractivity contribution in [3.05, 3.63) is 11.8 Å². The minimum atomic E-state index is -3.69. The van der Waals surface area contributed by atoms with Crippen LogP contribution >= 0.6 is 0 Å². The van der Waals surface area contributed by atoms with Crippen molar-refractivity contribution in [2.24, 2.45) is 5.92 Å². The number of aliphatic hydroxyl groups excluding tert-OH is 1. The smallest absolute Gasteiger partial charge is 0.247 e. The normalized spacial score (nSPS) is 16.7. The summed E-state index contributed by atoms with van der Waals surface area (Å²) in [4.78, 5) is 12.7. The lowest BCUT2D eigenvalue weighted by atomic mass is 9.90. The maximum Gasteiger partial charge on any atom is 0.247 e. The van der Waals surface area contributed by atoms with Gasteiger partial charge in [-0.15, -0.1) is 0 Å². The van der Waals surface area contributed by atoms with Gasteiger partial charge in [0.2, 0.25) is 11.8 Å². The van der Waals surface area contributed by atoms with Crippen molar-refractivity contribution < 1.29 is 32.3 Å². The van der Waals surface area contributed by atoms with E-state index in [1.807, 2.05) is 13.8 Å². The van der Waals surface area contributed by atoms with Crippen LogP contribution in [0.15, 0.2) is 10.6 Å². The van der Waals surface area contributed by atoms with Crippen LogP contribution < -0.4 is 5.32 Å². The highest BCUT2D eigenvalue weighted by Gasteiger charge is 2.43. The standard InChI is InChI=1S/C19H32N2O7S/c1-18(2,13-27-10-7-22)15-11-16(28-21-15)20-17(23)19(3,4)29(24,25)12-14-5-8-26-9-6-14/h11,14,22H,5-10,12-13H2,1-4H3,(H,20,23). The van der Waals surface area contributed by atoms with Gasteiger partial charge in [-0.3, -0.25) is 10.1 Å². The van der Waals surface area contributed by atoms with E-state index in [9.17, 15) is 13.2 Å². The molecule has 2 rings (SSSR count). The Morgan fingerprint density at radius 3 is 2.59 bits per heavy atom. The van der Waals surface area contributed by atoms with Gasteiger partial charge >= 0.3 is 0 Å². The largest absolute Gasteiger partial charge is 0.394 e. The summed E-state index contributed by atoms with van der Waals surface area (Å²) in [6.07, 6.45) is 1.35. The van der Waals surface area contributed by atoms with E-state index in [1.54, 1.807) is 6.07 Å². The van der Waals surface area contributed by atoms with Crippen molar-refractivity contribution >= 4 is 21.6 Å². The van der Waals surface area contributed by atoms with Gasteiger partial charge in [-0.25, -0.2) is 8.42 Å². The van der Waals surface area contributed by atoms with Crippen molar-refractivity contribution in [2.75, 3.05) is 44.1 Å². The van der Waals surface area contributed by atoms with Crippen LogP contribution in [0.5, 0.6) is 0 Å². The van der Waals surface area contributed by atoms with Crippen molar-refractivity contribution in [1.82, 2.24) is 5.16 Å². The highest BCUT2D eigenvalue weighted by Crippen LogP contribution is 2.28. The van der Waals surface area contributed by atoms with Crippen LogP contribution in [0.25, 0.3) is 0 Å². The zero-order valence-corrected chi connectivity index (χ0v) is 18.4. The summed E-state index contributed by atoms with van der Waals surface area (Å²) >= 11 is 0. The molecule has 0 unspecified atom stereocenters. The molecule has 0 saturated carbocycles. The van der Waals surface area contributed by atoms with Gasteiger partial charge < -0.3 is 19.1 Å². The average molecular weight is 433 g/mol. The van der Waals surface area contributed by atoms with E-state index in [1.165, 1.54) is 13.8 Å². The molecule has 1 aliphatic rings. The van der Waals surface area contributed by atoms with Crippen molar-refractivity contribution in [3.8, 4) is 0 Å². The summed E-state index contributed by atoms with van der Waals surface area (Å²) in [5.74, 6) is -0.637. The highest BCUT2D eigenvalue weighted by molar-refractivity contribution is 7.93. The first-order chi connectivity index (χ1) is 13.5. The number of aliphatic hydroxyl groups is 1. The summed E-state index contributed by atoms with van der Waals surface area (Å²) in [5.41, 5.74) is 0.0420. The molecule has 10 heteroatoms. The number of ether oxygens (including phenoxy) is 2. The Hall–Kier alpha value is -1.49. The van der Waals surface area contributed by atoms with E-state index < -0.39 is 25.9 Å². The number of hydrogen-bond acceptors (Lipinski definition) is 8. The molecular weight excluding hydrogens is 400 g/mol. The van der Waals surface area contributed by atoms with E-state index in [4.69, 9.17) is 19.1 Å². The molecule has 0 spiro atoms. The molecular formula is C19H32N2O7S. The molecule has 0 bridgehead atoms. The molecule has 29 heavy (non-hydrogen) atoms. The third-order valence-electron chi connectivity index (χ3n) is 5.26. The number of carbonyl (C=O) groups excluding carboxylic acids is 1. The van der Waals surface area contributed by atoms with Gasteiger partial charge in [0.25, 0.3) is 0 Å². The molecule has 0 radical (unpaired) electrons. The van der Waals surface area contributed by atoms with Gasteiger partial charge in [0.05, 0.1) is 31.3 Å². The average Bonchev–Trinajstić information content (AvgIpc) is 3.11. The number of carbonyl (C=O) groups is 1. The van der Waals surface area contributed by atoms with E-state index in [2.05, 4.69) is 10.5 Å². The Morgan fingerprint density at radius 1 is 1.31 bits per heavy atom. The lowest BCUT2D eigenvalue weighted by molar-refractivity contribution is -0.118. The molecule has 2 N–H and O–H groups in total. The first-order valence-electron chi connectivity index (χ1n) is 9.77. The third kappa shape index (κ3) is 6.00. The zero-order valence-electron chi connectivity index (χ0n) is 17.6. The van der Waals surface area contributed by atoms with E-state index >= 15 is 0 Å². The van der Waals surface area contributed by atoms with Crippen LogP contribution in [-0.4, -0.2) is 68.1 Å². The SMILES string of the molecule is CC(C)(COCCO)c1cc(NC(=O)C(C)(C)S(=O)(=O)CC2CCOCC2)on1.